The monoisotopic (exact) mass is 430 g/mol. The molecule has 26 heavy (non-hydrogen) atoms. The lowest BCUT2D eigenvalue weighted by Crippen LogP contribution is -2.30. The highest BCUT2D eigenvalue weighted by atomic mass is 79.9. The fraction of sp³-hybridized carbons (Fsp3) is 0.200. The average molecular weight is 431 g/mol. The number of rotatable bonds is 7. The lowest BCUT2D eigenvalue weighted by atomic mass is 10.2. The molecule has 3 rings (SSSR count). The van der Waals surface area contributed by atoms with Crippen LogP contribution in [0.2, 0.25) is 0 Å². The first-order chi connectivity index (χ1) is 12.6. The summed E-state index contributed by atoms with van der Waals surface area (Å²) in [4.78, 5) is 16.5. The van der Waals surface area contributed by atoms with Crippen molar-refractivity contribution in [3.63, 3.8) is 0 Å². The lowest BCUT2D eigenvalue weighted by molar-refractivity contribution is -0.123. The summed E-state index contributed by atoms with van der Waals surface area (Å²) in [5.74, 6) is 0.535. The molecule has 6 heteroatoms. The van der Waals surface area contributed by atoms with Gasteiger partial charge in [-0.2, -0.15) is 0 Å². The van der Waals surface area contributed by atoms with E-state index in [1.165, 1.54) is 5.56 Å². The molecule has 1 heterocycles. The first-order valence-corrected chi connectivity index (χ1v) is 9.94. The van der Waals surface area contributed by atoms with Gasteiger partial charge >= 0.3 is 0 Å². The van der Waals surface area contributed by atoms with E-state index >= 15 is 0 Å². The van der Waals surface area contributed by atoms with Gasteiger partial charge in [-0.25, -0.2) is 4.98 Å². The van der Waals surface area contributed by atoms with Crippen LogP contribution in [-0.2, 0) is 11.2 Å². The van der Waals surface area contributed by atoms with Gasteiger partial charge in [0, 0.05) is 28.4 Å². The molecule has 1 aromatic heterocycles. The molecule has 2 aromatic carbocycles. The molecule has 0 unspecified atom stereocenters. The number of carbonyl (C=O) groups excluding carboxylic acids is 1. The number of ether oxygens (including phenoxy) is 1. The summed E-state index contributed by atoms with van der Waals surface area (Å²) in [6, 6.07) is 15.7. The first kappa shape index (κ1) is 18.6. The highest BCUT2D eigenvalue weighted by molar-refractivity contribution is 9.10. The Kier molecular flexibility index (Phi) is 6.41. The molecule has 0 aliphatic heterocycles. The van der Waals surface area contributed by atoms with Crippen molar-refractivity contribution in [2.24, 2.45) is 0 Å². The van der Waals surface area contributed by atoms with Crippen LogP contribution in [0.15, 0.2) is 58.4 Å². The smallest absolute Gasteiger partial charge is 0.257 e. The Morgan fingerprint density at radius 1 is 1.15 bits per heavy atom. The SMILES string of the molecule is Cc1ccc(-c2nc(CCNC(=O)COc3ccc(Br)cc3)cs2)cc1. The van der Waals surface area contributed by atoms with E-state index in [9.17, 15) is 4.79 Å². The molecule has 134 valence electrons. The highest BCUT2D eigenvalue weighted by Gasteiger charge is 2.06. The molecular weight excluding hydrogens is 412 g/mol. The molecule has 1 N–H and O–H groups in total. The Morgan fingerprint density at radius 2 is 1.88 bits per heavy atom. The van der Waals surface area contributed by atoms with Gasteiger partial charge in [-0.3, -0.25) is 4.79 Å². The molecule has 4 nitrogen and oxygen atoms in total. The molecule has 0 bridgehead atoms. The predicted octanol–water partition coefficient (Wildman–Crippen LogP) is 4.62. The van der Waals surface area contributed by atoms with E-state index in [0.717, 1.165) is 20.7 Å². The maximum Gasteiger partial charge on any atom is 0.257 e. The number of aromatic nitrogens is 1. The summed E-state index contributed by atoms with van der Waals surface area (Å²) < 4.78 is 6.43. The number of nitrogens with zero attached hydrogens (tertiary/aromatic N) is 1. The van der Waals surface area contributed by atoms with Crippen molar-refractivity contribution in [1.82, 2.24) is 10.3 Å². The summed E-state index contributed by atoms with van der Waals surface area (Å²) in [5.41, 5.74) is 3.34. The Labute approximate surface area is 165 Å². The third kappa shape index (κ3) is 5.41. The molecule has 3 aromatic rings. The topological polar surface area (TPSA) is 51.2 Å². The fourth-order valence-corrected chi connectivity index (χ4v) is 3.44. The molecule has 0 spiro atoms. The van der Waals surface area contributed by atoms with Crippen LogP contribution < -0.4 is 10.1 Å². The summed E-state index contributed by atoms with van der Waals surface area (Å²) in [6.45, 7) is 2.62. The van der Waals surface area contributed by atoms with E-state index in [4.69, 9.17) is 4.74 Å². The molecule has 0 radical (unpaired) electrons. The van der Waals surface area contributed by atoms with E-state index in [1.54, 1.807) is 11.3 Å². The van der Waals surface area contributed by atoms with Crippen LogP contribution in [0.25, 0.3) is 10.6 Å². The van der Waals surface area contributed by atoms with Crippen LogP contribution >= 0.6 is 27.3 Å². The van der Waals surface area contributed by atoms with Gasteiger partial charge in [0.15, 0.2) is 6.61 Å². The van der Waals surface area contributed by atoms with Crippen LogP contribution in [-0.4, -0.2) is 24.0 Å². The van der Waals surface area contributed by atoms with Crippen LogP contribution in [0.1, 0.15) is 11.3 Å². The quantitative estimate of drug-likeness (QED) is 0.594. The first-order valence-electron chi connectivity index (χ1n) is 8.27. The van der Waals surface area contributed by atoms with Crippen molar-refractivity contribution in [2.45, 2.75) is 13.3 Å². The van der Waals surface area contributed by atoms with Gasteiger partial charge in [0.25, 0.3) is 5.91 Å². The Morgan fingerprint density at radius 3 is 2.62 bits per heavy atom. The Hall–Kier alpha value is -2.18. The van der Waals surface area contributed by atoms with E-state index in [2.05, 4.69) is 57.4 Å². The third-order valence-corrected chi connectivity index (χ3v) is 5.21. The number of thiazole rings is 1. The molecule has 0 aliphatic carbocycles. The Bertz CT molecular complexity index is 860. The van der Waals surface area contributed by atoms with Crippen LogP contribution in [0.4, 0.5) is 0 Å². The minimum absolute atomic E-state index is 0.00726. The van der Waals surface area contributed by atoms with Crippen molar-refractivity contribution in [2.75, 3.05) is 13.2 Å². The van der Waals surface area contributed by atoms with E-state index in [1.807, 2.05) is 29.6 Å². The number of hydrogen-bond acceptors (Lipinski definition) is 4. The van der Waals surface area contributed by atoms with Gasteiger partial charge in [-0.15, -0.1) is 11.3 Å². The number of halogens is 1. The zero-order valence-electron chi connectivity index (χ0n) is 14.4. The predicted molar refractivity (Wildman–Crippen MR) is 109 cm³/mol. The van der Waals surface area contributed by atoms with E-state index in [0.29, 0.717) is 18.7 Å². The van der Waals surface area contributed by atoms with Gasteiger partial charge in [0.2, 0.25) is 0 Å². The molecule has 0 atom stereocenters. The number of hydrogen-bond donors (Lipinski definition) is 1. The van der Waals surface area contributed by atoms with Crippen molar-refractivity contribution in [3.05, 3.63) is 69.6 Å². The molecular formula is C20H19BrN2O2S. The van der Waals surface area contributed by atoms with Crippen LogP contribution in [0, 0.1) is 6.92 Å². The molecule has 1 amide bonds. The normalized spacial score (nSPS) is 10.5. The lowest BCUT2D eigenvalue weighted by Gasteiger charge is -2.07. The minimum Gasteiger partial charge on any atom is -0.484 e. The van der Waals surface area contributed by atoms with Crippen molar-refractivity contribution >= 4 is 33.2 Å². The second-order valence-corrected chi connectivity index (χ2v) is 7.63. The summed E-state index contributed by atoms with van der Waals surface area (Å²) in [5, 5.41) is 5.91. The van der Waals surface area contributed by atoms with Gasteiger partial charge in [-0.1, -0.05) is 45.8 Å². The second kappa shape index (κ2) is 8.96. The van der Waals surface area contributed by atoms with Gasteiger partial charge in [-0.05, 0) is 31.2 Å². The van der Waals surface area contributed by atoms with E-state index in [-0.39, 0.29) is 12.5 Å². The molecule has 0 fully saturated rings. The van der Waals surface area contributed by atoms with Gasteiger partial charge in [0.05, 0.1) is 5.69 Å². The number of carbonyl (C=O) groups is 1. The van der Waals surface area contributed by atoms with Crippen molar-refractivity contribution < 1.29 is 9.53 Å². The zero-order chi connectivity index (χ0) is 18.4. The van der Waals surface area contributed by atoms with Crippen LogP contribution in [0.3, 0.4) is 0 Å². The highest BCUT2D eigenvalue weighted by Crippen LogP contribution is 2.24. The second-order valence-electron chi connectivity index (χ2n) is 5.85. The summed E-state index contributed by atoms with van der Waals surface area (Å²) in [7, 11) is 0. The van der Waals surface area contributed by atoms with Crippen LogP contribution in [0.5, 0.6) is 5.75 Å². The fourth-order valence-electron chi connectivity index (χ4n) is 2.31. The molecule has 0 saturated carbocycles. The van der Waals surface area contributed by atoms with E-state index < -0.39 is 0 Å². The number of nitrogens with one attached hydrogen (secondary N) is 1. The average Bonchev–Trinajstić information content (AvgIpc) is 3.11. The third-order valence-electron chi connectivity index (χ3n) is 3.74. The molecule has 0 saturated heterocycles. The minimum atomic E-state index is -0.137. The standard InChI is InChI=1S/C20H19BrN2O2S/c1-14-2-4-15(5-3-14)20-23-17(13-26-20)10-11-22-19(24)12-25-18-8-6-16(21)7-9-18/h2-9,13H,10-12H2,1H3,(H,22,24). The summed E-state index contributed by atoms with van der Waals surface area (Å²) in [6.07, 6.45) is 0.701. The number of aryl methyl sites for hydroxylation is 1. The number of amides is 1. The number of benzene rings is 2. The van der Waals surface area contributed by atoms with Crippen molar-refractivity contribution in [3.8, 4) is 16.3 Å². The van der Waals surface area contributed by atoms with Gasteiger partial charge < -0.3 is 10.1 Å². The van der Waals surface area contributed by atoms with Crippen molar-refractivity contribution in [1.29, 1.82) is 0 Å². The van der Waals surface area contributed by atoms with Gasteiger partial charge in [0.1, 0.15) is 10.8 Å². The summed E-state index contributed by atoms with van der Waals surface area (Å²) >= 11 is 4.99. The largest absolute Gasteiger partial charge is 0.484 e. The zero-order valence-corrected chi connectivity index (χ0v) is 16.8. The maximum atomic E-state index is 11.9. The Balaban J connectivity index is 1.42. The molecule has 0 aliphatic rings. The maximum absolute atomic E-state index is 11.9.